The molecule has 0 atom stereocenters. The average molecular weight is 444 g/mol. The Labute approximate surface area is 196 Å². The Morgan fingerprint density at radius 1 is 0.735 bits per heavy atom. The van der Waals surface area contributed by atoms with Crippen LogP contribution in [0, 0.1) is 0 Å². The maximum Gasteiger partial charge on any atom is 0.186 e. The van der Waals surface area contributed by atoms with Gasteiger partial charge in [0.2, 0.25) is 0 Å². The summed E-state index contributed by atoms with van der Waals surface area (Å²) in [7, 11) is 1.66. The lowest BCUT2D eigenvalue weighted by molar-refractivity contribution is 0.417. The number of fused-ring (bicyclic) bond motifs is 2. The van der Waals surface area contributed by atoms with Gasteiger partial charge in [0.05, 0.1) is 23.9 Å². The van der Waals surface area contributed by atoms with Gasteiger partial charge in [0.1, 0.15) is 17.9 Å². The van der Waals surface area contributed by atoms with Gasteiger partial charge < -0.3 is 10.1 Å². The summed E-state index contributed by atoms with van der Waals surface area (Å²) >= 11 is 0. The quantitative estimate of drug-likeness (QED) is 0.314. The number of hydrogen-bond donors (Lipinski definition) is 2. The normalized spacial score (nSPS) is 11.1. The fourth-order valence-electron chi connectivity index (χ4n) is 4.25. The molecule has 2 N–H and O–H groups in total. The Balaban J connectivity index is 1.47. The van der Waals surface area contributed by atoms with Crippen LogP contribution in [-0.2, 0) is 0 Å². The first kappa shape index (κ1) is 19.9. The molecule has 2 aromatic heterocycles. The molecule has 164 valence electrons. The Morgan fingerprint density at radius 2 is 1.53 bits per heavy atom. The number of H-pyrrole nitrogens is 1. The van der Waals surface area contributed by atoms with Crippen LogP contribution in [0.15, 0.2) is 97.3 Å². The highest BCUT2D eigenvalue weighted by Crippen LogP contribution is 2.36. The Hall–Kier alpha value is -4.71. The van der Waals surface area contributed by atoms with E-state index in [1.807, 2.05) is 42.5 Å². The number of hydrogen-bond acceptors (Lipinski definition) is 5. The van der Waals surface area contributed by atoms with Gasteiger partial charge in [-0.05, 0) is 40.1 Å². The molecular weight excluding hydrogens is 422 g/mol. The lowest BCUT2D eigenvalue weighted by Crippen LogP contribution is -1.99. The maximum absolute atomic E-state index is 5.64. The minimum absolute atomic E-state index is 0.596. The average Bonchev–Trinajstić information content (AvgIpc) is 3.34. The van der Waals surface area contributed by atoms with E-state index >= 15 is 0 Å². The van der Waals surface area contributed by atoms with Crippen molar-refractivity contribution in [2.24, 2.45) is 0 Å². The van der Waals surface area contributed by atoms with E-state index in [1.165, 1.54) is 11.7 Å². The van der Waals surface area contributed by atoms with E-state index in [1.54, 1.807) is 7.11 Å². The number of rotatable bonds is 5. The zero-order chi connectivity index (χ0) is 22.9. The summed E-state index contributed by atoms with van der Waals surface area (Å²) in [5.41, 5.74) is 5.50. The second-order valence-corrected chi connectivity index (χ2v) is 7.99. The summed E-state index contributed by atoms with van der Waals surface area (Å²) in [6, 6.07) is 31.0. The topological polar surface area (TPSA) is 75.7 Å². The third-order valence-corrected chi connectivity index (χ3v) is 5.95. The molecule has 2 heterocycles. The van der Waals surface area contributed by atoms with Crippen LogP contribution in [-0.4, -0.2) is 27.3 Å². The number of anilines is 2. The second-order valence-electron chi connectivity index (χ2n) is 7.99. The van der Waals surface area contributed by atoms with Gasteiger partial charge in [-0.3, -0.25) is 5.10 Å². The van der Waals surface area contributed by atoms with Gasteiger partial charge in [-0.15, -0.1) is 0 Å². The zero-order valence-electron chi connectivity index (χ0n) is 18.5. The van der Waals surface area contributed by atoms with Crippen LogP contribution in [0.5, 0.6) is 5.75 Å². The molecule has 6 rings (SSSR count). The van der Waals surface area contributed by atoms with E-state index in [0.717, 1.165) is 44.6 Å². The predicted octanol–water partition coefficient (Wildman–Crippen LogP) is 6.59. The van der Waals surface area contributed by atoms with Gasteiger partial charge in [0.25, 0.3) is 0 Å². The minimum atomic E-state index is 0.596. The summed E-state index contributed by atoms with van der Waals surface area (Å²) in [6.07, 6.45) is 1.52. The van der Waals surface area contributed by atoms with E-state index in [2.05, 4.69) is 74.0 Å². The SMILES string of the molecule is COc1ccc(-c2ccccc2)cc1Nc1ncnc2n[nH]c(-c3ccc4ccccc4c3)c12. The van der Waals surface area contributed by atoms with Crippen molar-refractivity contribution in [2.75, 3.05) is 12.4 Å². The molecule has 0 unspecified atom stereocenters. The molecule has 0 bridgehead atoms. The molecule has 6 aromatic rings. The monoisotopic (exact) mass is 443 g/mol. The van der Waals surface area contributed by atoms with Crippen LogP contribution in [0.3, 0.4) is 0 Å². The molecule has 0 radical (unpaired) electrons. The Morgan fingerprint density at radius 3 is 2.38 bits per heavy atom. The molecule has 6 heteroatoms. The van der Waals surface area contributed by atoms with Crippen molar-refractivity contribution in [3.8, 4) is 28.1 Å². The fraction of sp³-hybridized carbons (Fsp3) is 0.0357. The largest absolute Gasteiger partial charge is 0.495 e. The van der Waals surface area contributed by atoms with Crippen LogP contribution in [0.2, 0.25) is 0 Å². The summed E-state index contributed by atoms with van der Waals surface area (Å²) in [6.45, 7) is 0. The highest BCUT2D eigenvalue weighted by molar-refractivity contribution is 6.01. The zero-order valence-corrected chi connectivity index (χ0v) is 18.5. The molecule has 0 amide bonds. The van der Waals surface area contributed by atoms with Crippen molar-refractivity contribution >= 4 is 33.3 Å². The molecule has 0 fully saturated rings. The van der Waals surface area contributed by atoms with Crippen molar-refractivity contribution in [3.63, 3.8) is 0 Å². The summed E-state index contributed by atoms with van der Waals surface area (Å²) in [4.78, 5) is 8.94. The Kier molecular flexibility index (Phi) is 4.88. The van der Waals surface area contributed by atoms with Gasteiger partial charge in [0, 0.05) is 5.56 Å². The van der Waals surface area contributed by atoms with Gasteiger partial charge >= 0.3 is 0 Å². The van der Waals surface area contributed by atoms with Gasteiger partial charge in [0.15, 0.2) is 5.65 Å². The number of ether oxygens (including phenoxy) is 1. The number of methoxy groups -OCH3 is 1. The molecule has 0 saturated carbocycles. The molecule has 0 aliphatic heterocycles. The van der Waals surface area contributed by atoms with Crippen LogP contribution in [0.1, 0.15) is 0 Å². The number of nitrogens with one attached hydrogen (secondary N) is 2. The van der Waals surface area contributed by atoms with Crippen molar-refractivity contribution in [1.29, 1.82) is 0 Å². The molecule has 0 aliphatic carbocycles. The third kappa shape index (κ3) is 3.51. The van der Waals surface area contributed by atoms with E-state index in [9.17, 15) is 0 Å². The van der Waals surface area contributed by atoms with Crippen molar-refractivity contribution in [1.82, 2.24) is 20.2 Å². The van der Waals surface area contributed by atoms with Crippen LogP contribution >= 0.6 is 0 Å². The van der Waals surface area contributed by atoms with E-state index < -0.39 is 0 Å². The van der Waals surface area contributed by atoms with Gasteiger partial charge in [-0.1, -0.05) is 72.8 Å². The summed E-state index contributed by atoms with van der Waals surface area (Å²) < 4.78 is 5.64. The molecule has 6 nitrogen and oxygen atoms in total. The number of benzene rings is 4. The van der Waals surface area contributed by atoms with Gasteiger partial charge in [-0.25, -0.2) is 9.97 Å². The van der Waals surface area contributed by atoms with E-state index in [4.69, 9.17) is 4.74 Å². The molecule has 0 spiro atoms. The lowest BCUT2D eigenvalue weighted by atomic mass is 10.0. The Bertz CT molecular complexity index is 1630. The first-order chi connectivity index (χ1) is 16.8. The number of nitrogens with zero attached hydrogens (tertiary/aromatic N) is 3. The van der Waals surface area contributed by atoms with Crippen LogP contribution in [0.4, 0.5) is 11.5 Å². The third-order valence-electron chi connectivity index (χ3n) is 5.95. The van der Waals surface area contributed by atoms with Crippen molar-refractivity contribution < 1.29 is 4.74 Å². The standard InChI is InChI=1S/C28H21N5O/c1-34-24-14-13-21(18-7-3-2-4-8-18)16-23(24)31-27-25-26(32-33-28(25)30-17-29-27)22-12-11-19-9-5-6-10-20(19)15-22/h2-17H,1H3,(H2,29,30,31,32,33). The molecular formula is C28H21N5O. The van der Waals surface area contributed by atoms with E-state index in [-0.39, 0.29) is 0 Å². The summed E-state index contributed by atoms with van der Waals surface area (Å²) in [5, 5.41) is 14.2. The molecule has 0 aliphatic rings. The first-order valence-corrected chi connectivity index (χ1v) is 11.0. The van der Waals surface area contributed by atoms with Crippen molar-refractivity contribution in [3.05, 3.63) is 97.3 Å². The smallest absolute Gasteiger partial charge is 0.186 e. The predicted molar refractivity (Wildman–Crippen MR) is 136 cm³/mol. The number of aromatic amines is 1. The van der Waals surface area contributed by atoms with Gasteiger partial charge in [-0.2, -0.15) is 5.10 Å². The first-order valence-electron chi connectivity index (χ1n) is 11.0. The summed E-state index contributed by atoms with van der Waals surface area (Å²) in [5.74, 6) is 1.38. The minimum Gasteiger partial charge on any atom is -0.495 e. The maximum atomic E-state index is 5.64. The van der Waals surface area contributed by atoms with Crippen LogP contribution in [0.25, 0.3) is 44.2 Å². The van der Waals surface area contributed by atoms with Crippen LogP contribution < -0.4 is 10.1 Å². The lowest BCUT2D eigenvalue weighted by Gasteiger charge is -2.14. The molecule has 4 aromatic carbocycles. The number of aromatic nitrogens is 4. The van der Waals surface area contributed by atoms with E-state index in [0.29, 0.717) is 11.5 Å². The highest BCUT2D eigenvalue weighted by Gasteiger charge is 2.16. The van der Waals surface area contributed by atoms with Crippen molar-refractivity contribution in [2.45, 2.75) is 0 Å². The molecule has 34 heavy (non-hydrogen) atoms. The fourth-order valence-corrected chi connectivity index (χ4v) is 4.25. The molecule has 0 saturated heterocycles. The highest BCUT2D eigenvalue weighted by atomic mass is 16.5. The second kappa shape index (κ2) is 8.33.